The molecule has 3 N–H and O–H groups in total. The first-order valence-corrected chi connectivity index (χ1v) is 9.15. The van der Waals surface area contributed by atoms with Crippen LogP contribution in [-0.2, 0) is 6.18 Å². The normalized spacial score (nSPS) is 11.2. The number of nitrogens with one attached hydrogen (secondary N) is 3. The Balaban J connectivity index is 1.55. The number of amides is 3. The summed E-state index contributed by atoms with van der Waals surface area (Å²) < 4.78 is 51.8. The monoisotopic (exact) mass is 444 g/mol. The molecule has 6 nitrogen and oxygen atoms in total. The second kappa shape index (κ2) is 9.73. The van der Waals surface area contributed by atoms with Crippen molar-refractivity contribution in [3.8, 4) is 0 Å². The Morgan fingerprint density at radius 3 is 2.22 bits per heavy atom. The number of carbonyl (C=O) groups excluding carboxylic acids is 2. The SMILES string of the molecule is O=C(Nc1ccc(C(=O)N/N=C/c2ccccc2F)cc1)Nc1cccc(C(F)(F)F)c1. The zero-order chi connectivity index (χ0) is 23.1. The number of hydrogen-bond acceptors (Lipinski definition) is 3. The van der Waals surface area contributed by atoms with Crippen molar-refractivity contribution in [2.75, 3.05) is 10.6 Å². The standard InChI is InChI=1S/C22H16F4N4O2/c23-19-7-2-1-4-15(19)13-27-30-20(31)14-8-10-17(11-9-14)28-21(32)29-18-6-3-5-16(12-18)22(24,25)26/h1-13H,(H,30,31)(H2,28,29,32)/b27-13+. The van der Waals surface area contributed by atoms with E-state index in [-0.39, 0.29) is 16.8 Å². The number of hydrogen-bond donors (Lipinski definition) is 3. The molecule has 0 heterocycles. The molecule has 0 aliphatic carbocycles. The topological polar surface area (TPSA) is 82.6 Å². The van der Waals surface area contributed by atoms with Crippen molar-refractivity contribution >= 4 is 29.5 Å². The fourth-order valence-corrected chi connectivity index (χ4v) is 2.58. The summed E-state index contributed by atoms with van der Waals surface area (Å²) >= 11 is 0. The van der Waals surface area contributed by atoms with E-state index in [1.807, 2.05) is 0 Å². The summed E-state index contributed by atoms with van der Waals surface area (Å²) in [5.41, 5.74) is 2.08. The highest BCUT2D eigenvalue weighted by atomic mass is 19.4. The molecule has 0 aliphatic heterocycles. The molecule has 0 saturated heterocycles. The van der Waals surface area contributed by atoms with Gasteiger partial charge < -0.3 is 10.6 Å². The summed E-state index contributed by atoms with van der Waals surface area (Å²) in [4.78, 5) is 24.1. The van der Waals surface area contributed by atoms with Gasteiger partial charge in [-0.1, -0.05) is 24.3 Å². The molecule has 0 bridgehead atoms. The Bertz CT molecular complexity index is 1150. The highest BCUT2D eigenvalue weighted by Crippen LogP contribution is 2.30. The molecular weight excluding hydrogens is 428 g/mol. The first-order valence-electron chi connectivity index (χ1n) is 9.15. The van der Waals surface area contributed by atoms with Gasteiger partial charge in [0.05, 0.1) is 11.8 Å². The van der Waals surface area contributed by atoms with Gasteiger partial charge in [0.2, 0.25) is 0 Å². The molecule has 0 aliphatic rings. The summed E-state index contributed by atoms with van der Waals surface area (Å²) in [5, 5.41) is 8.46. The van der Waals surface area contributed by atoms with Crippen LogP contribution in [0.3, 0.4) is 0 Å². The maximum absolute atomic E-state index is 13.5. The summed E-state index contributed by atoms with van der Waals surface area (Å²) in [7, 11) is 0. The van der Waals surface area contributed by atoms with Crippen LogP contribution in [0.1, 0.15) is 21.5 Å². The van der Waals surface area contributed by atoms with Crippen LogP contribution in [0.5, 0.6) is 0 Å². The van der Waals surface area contributed by atoms with Crippen molar-refractivity contribution in [3.63, 3.8) is 0 Å². The van der Waals surface area contributed by atoms with Crippen LogP contribution in [0.4, 0.5) is 33.7 Å². The smallest absolute Gasteiger partial charge is 0.308 e. The molecule has 3 aromatic carbocycles. The van der Waals surface area contributed by atoms with Gasteiger partial charge in [0.25, 0.3) is 5.91 Å². The van der Waals surface area contributed by atoms with Gasteiger partial charge in [-0.25, -0.2) is 14.6 Å². The third-order valence-electron chi connectivity index (χ3n) is 4.13. The van der Waals surface area contributed by atoms with Gasteiger partial charge in [0.15, 0.2) is 0 Å². The lowest BCUT2D eigenvalue weighted by atomic mass is 10.2. The summed E-state index contributed by atoms with van der Waals surface area (Å²) in [5.74, 6) is -1.04. The van der Waals surface area contributed by atoms with Gasteiger partial charge in [-0.2, -0.15) is 18.3 Å². The van der Waals surface area contributed by atoms with Crippen molar-refractivity contribution in [2.45, 2.75) is 6.18 Å². The maximum Gasteiger partial charge on any atom is 0.416 e. The fraction of sp³-hybridized carbons (Fsp3) is 0.0455. The highest BCUT2D eigenvalue weighted by molar-refractivity contribution is 6.00. The summed E-state index contributed by atoms with van der Waals surface area (Å²) in [6.45, 7) is 0. The Labute approximate surface area is 180 Å². The predicted octanol–water partition coefficient (Wildman–Crippen LogP) is 5.25. The number of alkyl halides is 3. The Morgan fingerprint density at radius 2 is 1.53 bits per heavy atom. The van der Waals surface area contributed by atoms with E-state index in [2.05, 4.69) is 21.2 Å². The summed E-state index contributed by atoms with van der Waals surface area (Å²) in [6.07, 6.45) is -3.36. The van der Waals surface area contributed by atoms with E-state index in [0.29, 0.717) is 5.69 Å². The van der Waals surface area contributed by atoms with Gasteiger partial charge >= 0.3 is 12.2 Å². The fourth-order valence-electron chi connectivity index (χ4n) is 2.58. The zero-order valence-electron chi connectivity index (χ0n) is 16.3. The molecular formula is C22H16F4N4O2. The number of urea groups is 1. The minimum Gasteiger partial charge on any atom is -0.308 e. The number of halogens is 4. The molecule has 3 aromatic rings. The molecule has 0 unspecified atom stereocenters. The van der Waals surface area contributed by atoms with E-state index in [9.17, 15) is 27.2 Å². The van der Waals surface area contributed by atoms with Gasteiger partial charge in [-0.05, 0) is 48.5 Å². The quantitative estimate of drug-likeness (QED) is 0.285. The third-order valence-corrected chi connectivity index (χ3v) is 4.13. The van der Waals surface area contributed by atoms with E-state index < -0.39 is 29.5 Å². The third kappa shape index (κ3) is 6.14. The molecule has 0 aromatic heterocycles. The number of carbonyl (C=O) groups is 2. The lowest BCUT2D eigenvalue weighted by Gasteiger charge is -2.11. The van der Waals surface area contributed by atoms with E-state index in [4.69, 9.17) is 0 Å². The largest absolute Gasteiger partial charge is 0.416 e. The van der Waals surface area contributed by atoms with Gasteiger partial charge in [-0.3, -0.25) is 4.79 Å². The number of hydrazone groups is 1. The zero-order valence-corrected chi connectivity index (χ0v) is 16.3. The predicted molar refractivity (Wildman–Crippen MR) is 112 cm³/mol. The minimum absolute atomic E-state index is 0.0268. The van der Waals surface area contributed by atoms with E-state index >= 15 is 0 Å². The average molecular weight is 444 g/mol. The number of benzene rings is 3. The van der Waals surface area contributed by atoms with Gasteiger partial charge in [-0.15, -0.1) is 0 Å². The Hall–Kier alpha value is -4.21. The lowest BCUT2D eigenvalue weighted by Crippen LogP contribution is -2.20. The second-order valence-electron chi connectivity index (χ2n) is 6.46. The number of rotatable bonds is 5. The van der Waals surface area contributed by atoms with Crippen LogP contribution in [0.15, 0.2) is 77.9 Å². The van der Waals surface area contributed by atoms with Gasteiger partial charge in [0.1, 0.15) is 5.82 Å². The van der Waals surface area contributed by atoms with Crippen molar-refractivity contribution in [2.24, 2.45) is 5.10 Å². The van der Waals surface area contributed by atoms with Crippen LogP contribution >= 0.6 is 0 Å². The van der Waals surface area contributed by atoms with E-state index in [1.165, 1.54) is 60.8 Å². The molecule has 0 radical (unpaired) electrons. The van der Waals surface area contributed by atoms with E-state index in [0.717, 1.165) is 12.1 Å². The first-order chi connectivity index (χ1) is 15.2. The Morgan fingerprint density at radius 1 is 0.844 bits per heavy atom. The number of anilines is 2. The second-order valence-corrected chi connectivity index (χ2v) is 6.46. The van der Waals surface area contributed by atoms with Crippen molar-refractivity contribution in [3.05, 3.63) is 95.3 Å². The van der Waals surface area contributed by atoms with Crippen LogP contribution in [-0.4, -0.2) is 18.2 Å². The van der Waals surface area contributed by atoms with E-state index in [1.54, 1.807) is 6.07 Å². The molecule has 164 valence electrons. The molecule has 0 fully saturated rings. The van der Waals surface area contributed by atoms with Crippen LogP contribution < -0.4 is 16.1 Å². The van der Waals surface area contributed by atoms with Crippen molar-refractivity contribution < 1.29 is 27.2 Å². The minimum atomic E-state index is -4.52. The molecule has 32 heavy (non-hydrogen) atoms. The van der Waals surface area contributed by atoms with Crippen LogP contribution in [0.2, 0.25) is 0 Å². The molecule has 3 amide bonds. The lowest BCUT2D eigenvalue weighted by molar-refractivity contribution is -0.137. The first kappa shape index (κ1) is 22.5. The number of nitrogens with zero attached hydrogens (tertiary/aromatic N) is 1. The molecule has 0 saturated carbocycles. The highest BCUT2D eigenvalue weighted by Gasteiger charge is 2.30. The van der Waals surface area contributed by atoms with Crippen molar-refractivity contribution in [1.29, 1.82) is 0 Å². The molecule has 10 heteroatoms. The van der Waals surface area contributed by atoms with Crippen LogP contribution in [0, 0.1) is 5.82 Å². The van der Waals surface area contributed by atoms with Crippen molar-refractivity contribution in [1.82, 2.24) is 5.43 Å². The molecule has 0 spiro atoms. The van der Waals surface area contributed by atoms with Crippen LogP contribution in [0.25, 0.3) is 0 Å². The average Bonchev–Trinajstić information content (AvgIpc) is 2.75. The van der Waals surface area contributed by atoms with Gasteiger partial charge in [0, 0.05) is 22.5 Å². The summed E-state index contributed by atoms with van der Waals surface area (Å²) in [6, 6.07) is 15.1. The molecule has 3 rings (SSSR count). The maximum atomic E-state index is 13.5. The Kier molecular flexibility index (Phi) is 6.83. The molecule has 0 atom stereocenters.